The molecule has 1 aromatic rings. The molecule has 118 valence electrons. The van der Waals surface area contributed by atoms with Crippen LogP contribution in [0.4, 0.5) is 4.79 Å². The van der Waals surface area contributed by atoms with Crippen LogP contribution < -0.4 is 4.74 Å². The third kappa shape index (κ3) is 3.09. The lowest BCUT2D eigenvalue weighted by Crippen LogP contribution is -2.37. The maximum absolute atomic E-state index is 11.6. The van der Waals surface area contributed by atoms with E-state index >= 15 is 0 Å². The third-order valence-electron chi connectivity index (χ3n) is 4.33. The van der Waals surface area contributed by atoms with Crippen LogP contribution in [0.2, 0.25) is 0 Å². The van der Waals surface area contributed by atoms with Crippen LogP contribution >= 0.6 is 0 Å². The summed E-state index contributed by atoms with van der Waals surface area (Å²) in [6, 6.07) is 7.99. The predicted octanol–water partition coefficient (Wildman–Crippen LogP) is 2.23. The maximum atomic E-state index is 11.6. The Morgan fingerprint density at radius 1 is 1.32 bits per heavy atom. The second-order valence-corrected chi connectivity index (χ2v) is 6.07. The summed E-state index contributed by atoms with van der Waals surface area (Å²) in [7, 11) is 3.46. The number of methoxy groups -OCH3 is 1. The molecule has 5 nitrogen and oxygen atoms in total. The lowest BCUT2D eigenvalue weighted by atomic mass is 10.0. The molecule has 1 aromatic carbocycles. The van der Waals surface area contributed by atoms with Gasteiger partial charge in [0.1, 0.15) is 11.4 Å². The molecule has 0 unspecified atom stereocenters. The topological polar surface area (TPSA) is 42.0 Å². The lowest BCUT2D eigenvalue weighted by Gasteiger charge is -2.21. The number of hydrogen-bond acceptors (Lipinski definition) is 4. The Labute approximate surface area is 131 Å². The van der Waals surface area contributed by atoms with Crippen LogP contribution in [-0.2, 0) is 4.74 Å². The second-order valence-electron chi connectivity index (χ2n) is 6.07. The number of rotatable bonds is 4. The first kappa shape index (κ1) is 14.9. The molecule has 2 aliphatic rings. The van der Waals surface area contributed by atoms with Gasteiger partial charge in [0.05, 0.1) is 13.7 Å². The summed E-state index contributed by atoms with van der Waals surface area (Å²) in [4.78, 5) is 15.5. The quantitative estimate of drug-likeness (QED) is 0.855. The zero-order valence-corrected chi connectivity index (χ0v) is 13.1. The molecule has 0 aliphatic carbocycles. The molecule has 3 rings (SSSR count). The van der Waals surface area contributed by atoms with Gasteiger partial charge in [-0.05, 0) is 17.7 Å². The van der Waals surface area contributed by atoms with Crippen molar-refractivity contribution in [1.29, 1.82) is 0 Å². The Morgan fingerprint density at radius 3 is 2.73 bits per heavy atom. The van der Waals surface area contributed by atoms with Gasteiger partial charge in [0.2, 0.25) is 0 Å². The summed E-state index contributed by atoms with van der Waals surface area (Å²) >= 11 is 0. The van der Waals surface area contributed by atoms with Gasteiger partial charge < -0.3 is 14.4 Å². The van der Waals surface area contributed by atoms with Crippen molar-refractivity contribution >= 4 is 12.2 Å². The normalized spacial score (nSPS) is 25.4. The van der Waals surface area contributed by atoms with Crippen molar-refractivity contribution in [3.8, 4) is 5.75 Å². The summed E-state index contributed by atoms with van der Waals surface area (Å²) in [5, 5.41) is 0. The molecular formula is C17H22N2O3. The Morgan fingerprint density at radius 2 is 2.09 bits per heavy atom. The van der Waals surface area contributed by atoms with E-state index in [9.17, 15) is 4.79 Å². The molecule has 2 aliphatic heterocycles. The van der Waals surface area contributed by atoms with Crippen LogP contribution in [0.1, 0.15) is 12.0 Å². The molecule has 0 bridgehead atoms. The number of amides is 1. The molecule has 0 N–H and O–H groups in total. The van der Waals surface area contributed by atoms with Gasteiger partial charge in [0.15, 0.2) is 0 Å². The average Bonchev–Trinajstić information content (AvgIpc) is 3.03. The van der Waals surface area contributed by atoms with Gasteiger partial charge in [0, 0.05) is 33.1 Å². The standard InChI is InChI=1S/C17H22N2O3/c1-18-12-17(22-16(18)20)9-11-19(13-17)10-3-4-14-5-7-15(21-2)8-6-14/h3-8H,9-13H2,1-2H3/b4-3+/t17-/m0/s1. The number of likely N-dealkylation sites (tertiary alicyclic amines) is 1. The zero-order chi connectivity index (χ0) is 15.6. The minimum Gasteiger partial charge on any atom is -0.497 e. The minimum absolute atomic E-state index is 0.198. The second kappa shape index (κ2) is 6.01. The van der Waals surface area contributed by atoms with E-state index in [1.165, 1.54) is 0 Å². The van der Waals surface area contributed by atoms with Crippen molar-refractivity contribution in [3.05, 3.63) is 35.9 Å². The van der Waals surface area contributed by atoms with Crippen LogP contribution in [0.25, 0.3) is 6.08 Å². The van der Waals surface area contributed by atoms with Crippen molar-refractivity contribution in [2.24, 2.45) is 0 Å². The fourth-order valence-corrected chi connectivity index (χ4v) is 3.14. The van der Waals surface area contributed by atoms with E-state index in [1.54, 1.807) is 19.1 Å². The van der Waals surface area contributed by atoms with Gasteiger partial charge in [0.25, 0.3) is 0 Å². The number of nitrogens with zero attached hydrogens (tertiary/aromatic N) is 2. The first-order chi connectivity index (χ1) is 10.6. The van der Waals surface area contributed by atoms with E-state index in [2.05, 4.69) is 17.1 Å². The van der Waals surface area contributed by atoms with Gasteiger partial charge >= 0.3 is 6.09 Å². The number of carbonyl (C=O) groups excluding carboxylic acids is 1. The third-order valence-corrected chi connectivity index (χ3v) is 4.33. The molecule has 1 atom stereocenters. The fraction of sp³-hybridized carbons (Fsp3) is 0.471. The molecule has 0 aromatic heterocycles. The Kier molecular flexibility index (Phi) is 4.07. The van der Waals surface area contributed by atoms with E-state index in [1.807, 2.05) is 24.3 Å². The number of ether oxygens (including phenoxy) is 2. The van der Waals surface area contributed by atoms with Crippen molar-refractivity contribution in [3.63, 3.8) is 0 Å². The average molecular weight is 302 g/mol. The molecule has 1 spiro atoms. The van der Waals surface area contributed by atoms with Gasteiger partial charge in [-0.2, -0.15) is 0 Å². The summed E-state index contributed by atoms with van der Waals surface area (Å²) in [5.74, 6) is 0.866. The SMILES string of the molecule is COc1ccc(/C=C/CN2CC[C@@]3(C2)CN(C)C(=O)O3)cc1. The van der Waals surface area contributed by atoms with Gasteiger partial charge in [-0.25, -0.2) is 4.79 Å². The maximum Gasteiger partial charge on any atom is 0.410 e. The van der Waals surface area contributed by atoms with Crippen LogP contribution in [0, 0.1) is 0 Å². The van der Waals surface area contributed by atoms with Crippen molar-refractivity contribution in [2.45, 2.75) is 12.0 Å². The van der Waals surface area contributed by atoms with Crippen molar-refractivity contribution in [1.82, 2.24) is 9.80 Å². The van der Waals surface area contributed by atoms with Crippen molar-refractivity contribution in [2.75, 3.05) is 40.3 Å². The smallest absolute Gasteiger partial charge is 0.410 e. The number of benzene rings is 1. The molecule has 0 radical (unpaired) electrons. The first-order valence-corrected chi connectivity index (χ1v) is 7.57. The highest BCUT2D eigenvalue weighted by atomic mass is 16.6. The summed E-state index contributed by atoms with van der Waals surface area (Å²) < 4.78 is 10.7. The number of hydrogen-bond donors (Lipinski definition) is 0. The zero-order valence-electron chi connectivity index (χ0n) is 13.1. The van der Waals surface area contributed by atoms with E-state index in [0.717, 1.165) is 37.4 Å². The predicted molar refractivity (Wildman–Crippen MR) is 84.9 cm³/mol. The fourth-order valence-electron chi connectivity index (χ4n) is 3.14. The van der Waals surface area contributed by atoms with E-state index in [-0.39, 0.29) is 11.7 Å². The Hall–Kier alpha value is -2.01. The highest BCUT2D eigenvalue weighted by molar-refractivity contribution is 5.70. The van der Waals surface area contributed by atoms with Gasteiger partial charge in [-0.1, -0.05) is 24.3 Å². The minimum atomic E-state index is -0.292. The van der Waals surface area contributed by atoms with Crippen LogP contribution in [-0.4, -0.2) is 61.8 Å². The van der Waals surface area contributed by atoms with Gasteiger partial charge in [-0.15, -0.1) is 0 Å². The molecule has 2 heterocycles. The highest BCUT2D eigenvalue weighted by Gasteiger charge is 2.48. The molecule has 0 saturated carbocycles. The molecular weight excluding hydrogens is 280 g/mol. The Bertz CT molecular complexity index is 570. The highest BCUT2D eigenvalue weighted by Crippen LogP contribution is 2.31. The molecule has 2 fully saturated rings. The van der Waals surface area contributed by atoms with Crippen LogP contribution in [0.5, 0.6) is 5.75 Å². The summed E-state index contributed by atoms with van der Waals surface area (Å²) in [5.41, 5.74) is 0.863. The molecule has 1 amide bonds. The summed E-state index contributed by atoms with van der Waals surface area (Å²) in [6.45, 7) is 3.35. The van der Waals surface area contributed by atoms with E-state index < -0.39 is 0 Å². The molecule has 5 heteroatoms. The first-order valence-electron chi connectivity index (χ1n) is 7.57. The van der Waals surface area contributed by atoms with Crippen molar-refractivity contribution < 1.29 is 14.3 Å². The lowest BCUT2D eigenvalue weighted by molar-refractivity contribution is 0.0644. The van der Waals surface area contributed by atoms with E-state index in [4.69, 9.17) is 9.47 Å². The molecule has 22 heavy (non-hydrogen) atoms. The van der Waals surface area contributed by atoms with E-state index in [0.29, 0.717) is 6.54 Å². The monoisotopic (exact) mass is 302 g/mol. The number of carbonyl (C=O) groups is 1. The molecule has 2 saturated heterocycles. The largest absolute Gasteiger partial charge is 0.497 e. The van der Waals surface area contributed by atoms with Crippen LogP contribution in [0.3, 0.4) is 0 Å². The van der Waals surface area contributed by atoms with Crippen LogP contribution in [0.15, 0.2) is 30.3 Å². The van der Waals surface area contributed by atoms with Gasteiger partial charge in [-0.3, -0.25) is 4.90 Å². The Balaban J connectivity index is 1.52. The summed E-state index contributed by atoms with van der Waals surface area (Å²) in [6.07, 6.45) is 4.98. The number of likely N-dealkylation sites (N-methyl/N-ethyl adjacent to an activating group) is 1.